The summed E-state index contributed by atoms with van der Waals surface area (Å²) in [7, 11) is 1.38. The van der Waals surface area contributed by atoms with Gasteiger partial charge in [0.25, 0.3) is 0 Å². The largest absolute Gasteiger partial charge is 0.465 e. The van der Waals surface area contributed by atoms with Crippen molar-refractivity contribution in [2.45, 2.75) is 38.6 Å². The Morgan fingerprint density at radius 3 is 2.40 bits per heavy atom. The molecule has 1 aliphatic heterocycles. The molecule has 0 radical (unpaired) electrons. The third-order valence-corrected chi connectivity index (χ3v) is 6.34. The van der Waals surface area contributed by atoms with Gasteiger partial charge in [-0.05, 0) is 32.6 Å². The molecule has 1 aromatic heterocycles. The molecule has 0 unspecified atom stereocenters. The van der Waals surface area contributed by atoms with E-state index in [9.17, 15) is 9.59 Å². The molecular formula is C17H26N4O3S. The van der Waals surface area contributed by atoms with Gasteiger partial charge in [0, 0.05) is 38.1 Å². The minimum Gasteiger partial charge on any atom is -0.465 e. The number of nitrogens with zero attached hydrogens (tertiary/aromatic N) is 3. The maximum Gasteiger partial charge on any atom is 0.350 e. The Morgan fingerprint density at radius 1 is 1.16 bits per heavy atom. The molecule has 25 heavy (non-hydrogen) atoms. The second kappa shape index (κ2) is 7.70. The summed E-state index contributed by atoms with van der Waals surface area (Å²) < 4.78 is 4.79. The Balaban J connectivity index is 1.57. The molecule has 8 heteroatoms. The predicted octanol–water partition coefficient (Wildman–Crippen LogP) is 1.40. The molecule has 2 fully saturated rings. The topological polar surface area (TPSA) is 88.8 Å². The van der Waals surface area contributed by atoms with Crippen molar-refractivity contribution < 1.29 is 14.3 Å². The summed E-state index contributed by atoms with van der Waals surface area (Å²) in [4.78, 5) is 33.6. The molecule has 1 saturated carbocycles. The number of thiazole rings is 1. The smallest absolute Gasteiger partial charge is 0.350 e. The molecule has 2 aliphatic rings. The van der Waals surface area contributed by atoms with Crippen molar-refractivity contribution in [3.05, 3.63) is 10.6 Å². The number of rotatable bonds is 3. The monoisotopic (exact) mass is 366 g/mol. The van der Waals surface area contributed by atoms with Gasteiger partial charge < -0.3 is 20.3 Å². The summed E-state index contributed by atoms with van der Waals surface area (Å²) >= 11 is 1.36. The number of hydrogen-bond acceptors (Lipinski definition) is 7. The summed E-state index contributed by atoms with van der Waals surface area (Å²) in [5, 5.41) is 0.827. The highest BCUT2D eigenvalue weighted by molar-refractivity contribution is 7.17. The molecule has 0 aromatic carbocycles. The van der Waals surface area contributed by atoms with Gasteiger partial charge in [-0.2, -0.15) is 0 Å². The van der Waals surface area contributed by atoms with E-state index < -0.39 is 0 Å². The Labute approximate surface area is 152 Å². The van der Waals surface area contributed by atoms with Crippen LogP contribution in [0.2, 0.25) is 0 Å². The van der Waals surface area contributed by atoms with Crippen LogP contribution in [-0.2, 0) is 9.53 Å². The van der Waals surface area contributed by atoms with Gasteiger partial charge in [-0.1, -0.05) is 11.3 Å². The van der Waals surface area contributed by atoms with E-state index >= 15 is 0 Å². The van der Waals surface area contributed by atoms with Crippen LogP contribution in [0.25, 0.3) is 0 Å². The van der Waals surface area contributed by atoms with E-state index in [4.69, 9.17) is 10.5 Å². The van der Waals surface area contributed by atoms with Crippen LogP contribution in [-0.4, -0.2) is 61.1 Å². The summed E-state index contributed by atoms with van der Waals surface area (Å²) in [6.45, 7) is 4.71. The van der Waals surface area contributed by atoms with E-state index in [-0.39, 0.29) is 23.8 Å². The SMILES string of the molecule is COC(=O)c1sc(N2CCN(C(=O)C3CCC(N)CC3)CC2)nc1C. The number of hydrogen-bond donors (Lipinski definition) is 1. The summed E-state index contributed by atoms with van der Waals surface area (Å²) in [6, 6.07) is 0.262. The first-order valence-electron chi connectivity index (χ1n) is 8.84. The molecule has 1 amide bonds. The summed E-state index contributed by atoms with van der Waals surface area (Å²) in [5.41, 5.74) is 6.63. The van der Waals surface area contributed by atoms with Gasteiger partial charge in [-0.3, -0.25) is 4.79 Å². The number of methoxy groups -OCH3 is 1. The average Bonchev–Trinajstić information content (AvgIpc) is 3.03. The fraction of sp³-hybridized carbons (Fsp3) is 0.706. The van der Waals surface area contributed by atoms with Crippen LogP contribution in [0, 0.1) is 12.8 Å². The molecule has 1 aliphatic carbocycles. The Bertz CT molecular complexity index is 632. The number of amides is 1. The average molecular weight is 366 g/mol. The molecule has 7 nitrogen and oxygen atoms in total. The minimum atomic E-state index is -0.342. The first kappa shape index (κ1) is 18.1. The van der Waals surface area contributed by atoms with Crippen molar-refractivity contribution in [1.82, 2.24) is 9.88 Å². The van der Waals surface area contributed by atoms with Crippen molar-refractivity contribution in [2.75, 3.05) is 38.2 Å². The van der Waals surface area contributed by atoms with Gasteiger partial charge in [0.15, 0.2) is 5.13 Å². The zero-order valence-electron chi connectivity index (χ0n) is 14.9. The van der Waals surface area contributed by atoms with E-state index in [2.05, 4.69) is 9.88 Å². The second-order valence-corrected chi connectivity index (χ2v) is 7.80. The van der Waals surface area contributed by atoms with Crippen LogP contribution < -0.4 is 10.6 Å². The van der Waals surface area contributed by atoms with Crippen LogP contribution >= 0.6 is 11.3 Å². The number of anilines is 1. The normalized spacial score (nSPS) is 24.3. The van der Waals surface area contributed by atoms with E-state index in [1.807, 2.05) is 11.8 Å². The Kier molecular flexibility index (Phi) is 5.58. The standard InChI is InChI=1S/C17H26N4O3S/c1-11-14(16(23)24-2)25-17(19-11)21-9-7-20(8-10-21)15(22)12-3-5-13(18)6-4-12/h12-13H,3-10,18H2,1-2H3. The van der Waals surface area contributed by atoms with Crippen LogP contribution in [0.4, 0.5) is 5.13 Å². The van der Waals surface area contributed by atoms with Crippen molar-refractivity contribution >= 4 is 28.3 Å². The molecule has 0 bridgehead atoms. The highest BCUT2D eigenvalue weighted by atomic mass is 32.1. The van der Waals surface area contributed by atoms with Crippen LogP contribution in [0.5, 0.6) is 0 Å². The van der Waals surface area contributed by atoms with Gasteiger partial charge in [0.1, 0.15) is 4.88 Å². The van der Waals surface area contributed by atoms with Gasteiger partial charge in [-0.15, -0.1) is 0 Å². The number of carbonyl (C=O) groups excluding carboxylic acids is 2. The van der Waals surface area contributed by atoms with Crippen molar-refractivity contribution in [1.29, 1.82) is 0 Å². The van der Waals surface area contributed by atoms with Crippen LogP contribution in [0.3, 0.4) is 0 Å². The molecule has 3 rings (SSSR count). The van der Waals surface area contributed by atoms with Crippen LogP contribution in [0.1, 0.15) is 41.0 Å². The number of piperazine rings is 1. The van der Waals surface area contributed by atoms with Gasteiger partial charge in [0.05, 0.1) is 12.8 Å². The molecule has 1 saturated heterocycles. The van der Waals surface area contributed by atoms with Gasteiger partial charge >= 0.3 is 5.97 Å². The van der Waals surface area contributed by atoms with Gasteiger partial charge in [0.2, 0.25) is 5.91 Å². The zero-order valence-corrected chi connectivity index (χ0v) is 15.7. The first-order chi connectivity index (χ1) is 12.0. The van der Waals surface area contributed by atoms with Gasteiger partial charge in [-0.25, -0.2) is 9.78 Å². The maximum atomic E-state index is 12.7. The molecule has 1 aromatic rings. The van der Waals surface area contributed by atoms with Crippen LogP contribution in [0.15, 0.2) is 0 Å². The minimum absolute atomic E-state index is 0.138. The lowest BCUT2D eigenvalue weighted by Crippen LogP contribution is -2.51. The Hall–Kier alpha value is -1.67. The van der Waals surface area contributed by atoms with Crippen molar-refractivity contribution in [3.63, 3.8) is 0 Å². The second-order valence-electron chi connectivity index (χ2n) is 6.83. The number of esters is 1. The molecule has 138 valence electrons. The summed E-state index contributed by atoms with van der Waals surface area (Å²) in [5.74, 6) is 0.0714. The summed E-state index contributed by atoms with van der Waals surface area (Å²) in [6.07, 6.45) is 3.72. The fourth-order valence-electron chi connectivity index (χ4n) is 3.54. The third kappa shape index (κ3) is 3.95. The lowest BCUT2D eigenvalue weighted by molar-refractivity contribution is -0.136. The zero-order chi connectivity index (χ0) is 18.0. The number of nitrogens with two attached hydrogens (primary N) is 1. The lowest BCUT2D eigenvalue weighted by atomic mass is 9.85. The number of aromatic nitrogens is 1. The first-order valence-corrected chi connectivity index (χ1v) is 9.66. The predicted molar refractivity (Wildman–Crippen MR) is 96.9 cm³/mol. The maximum absolute atomic E-state index is 12.7. The van der Waals surface area contributed by atoms with Crippen molar-refractivity contribution in [3.8, 4) is 0 Å². The fourth-order valence-corrected chi connectivity index (χ4v) is 4.58. The van der Waals surface area contributed by atoms with E-state index in [1.54, 1.807) is 0 Å². The molecule has 2 N–H and O–H groups in total. The number of ether oxygens (including phenoxy) is 1. The quantitative estimate of drug-likeness (QED) is 0.814. The number of aryl methyl sites for hydroxylation is 1. The Morgan fingerprint density at radius 2 is 1.80 bits per heavy atom. The van der Waals surface area contributed by atoms with E-state index in [1.165, 1.54) is 18.4 Å². The van der Waals surface area contributed by atoms with E-state index in [0.717, 1.165) is 43.9 Å². The molecular weight excluding hydrogens is 340 g/mol. The third-order valence-electron chi connectivity index (χ3n) is 5.14. The van der Waals surface area contributed by atoms with Crippen molar-refractivity contribution in [2.24, 2.45) is 11.7 Å². The molecule has 0 atom stereocenters. The number of carbonyl (C=O) groups is 2. The highest BCUT2D eigenvalue weighted by Gasteiger charge is 2.31. The van der Waals surface area contributed by atoms with E-state index in [0.29, 0.717) is 23.7 Å². The molecule has 2 heterocycles. The molecule has 0 spiro atoms. The highest BCUT2D eigenvalue weighted by Crippen LogP contribution is 2.29. The lowest BCUT2D eigenvalue weighted by Gasteiger charge is -2.37.